The Morgan fingerprint density at radius 3 is 2.76 bits per heavy atom. The molecule has 1 heterocycles. The summed E-state index contributed by atoms with van der Waals surface area (Å²) in [6.45, 7) is 1.70. The summed E-state index contributed by atoms with van der Waals surface area (Å²) in [4.78, 5) is 0. The highest BCUT2D eigenvalue weighted by Crippen LogP contribution is 2.49. The van der Waals surface area contributed by atoms with Crippen LogP contribution in [0.1, 0.15) is 18.4 Å². The van der Waals surface area contributed by atoms with Crippen molar-refractivity contribution in [2.45, 2.75) is 24.4 Å². The van der Waals surface area contributed by atoms with Crippen molar-refractivity contribution in [3.8, 4) is 11.5 Å². The van der Waals surface area contributed by atoms with E-state index in [1.54, 1.807) is 0 Å². The molecule has 1 saturated carbocycles. The molecule has 1 aromatic carbocycles. The van der Waals surface area contributed by atoms with Crippen LogP contribution >= 0.6 is 0 Å². The first-order valence-electron chi connectivity index (χ1n) is 6.02. The van der Waals surface area contributed by atoms with Crippen LogP contribution in [0.25, 0.3) is 0 Å². The normalized spacial score (nSPS) is 30.8. The Balaban J connectivity index is 2.02. The monoisotopic (exact) mass is 235 g/mol. The minimum absolute atomic E-state index is 0.133. The molecule has 4 nitrogen and oxygen atoms in total. The lowest BCUT2D eigenvalue weighted by molar-refractivity contribution is 0.0197. The Morgan fingerprint density at radius 2 is 2.06 bits per heavy atom. The Hall–Kier alpha value is -1.26. The molecule has 0 spiro atoms. The highest BCUT2D eigenvalue weighted by molar-refractivity contribution is 5.52. The first-order chi connectivity index (χ1) is 8.25. The van der Waals surface area contributed by atoms with E-state index >= 15 is 0 Å². The van der Waals surface area contributed by atoms with E-state index in [-0.39, 0.29) is 11.5 Å². The molecular formula is C13H17NO3. The summed E-state index contributed by atoms with van der Waals surface area (Å²) in [5, 5.41) is 9.55. The summed E-state index contributed by atoms with van der Waals surface area (Å²) in [6, 6.07) is 5.91. The van der Waals surface area contributed by atoms with Gasteiger partial charge in [-0.05, 0) is 18.9 Å². The lowest BCUT2D eigenvalue weighted by Gasteiger charge is -2.46. The minimum atomic E-state index is -0.237. The van der Waals surface area contributed by atoms with Gasteiger partial charge in [-0.2, -0.15) is 0 Å². The number of hydrogen-bond donors (Lipinski definition) is 2. The molecule has 92 valence electrons. The summed E-state index contributed by atoms with van der Waals surface area (Å²) >= 11 is 0. The zero-order chi connectivity index (χ0) is 11.9. The van der Waals surface area contributed by atoms with Gasteiger partial charge in [0.05, 0.1) is 6.10 Å². The van der Waals surface area contributed by atoms with Gasteiger partial charge in [0, 0.05) is 17.5 Å². The maximum absolute atomic E-state index is 9.55. The van der Waals surface area contributed by atoms with E-state index in [1.807, 2.05) is 18.2 Å². The third-order valence-corrected chi connectivity index (χ3v) is 3.78. The van der Waals surface area contributed by atoms with Gasteiger partial charge in [0.2, 0.25) is 0 Å². The standard InChI is InChI=1S/C13H17NO3/c14-8-13(6-9(15)7-13)10-2-1-3-11-12(10)17-5-4-16-11/h1-3,9,15H,4-8,14H2. The topological polar surface area (TPSA) is 64.7 Å². The number of aliphatic hydroxyl groups excluding tert-OH is 1. The number of ether oxygens (including phenoxy) is 2. The van der Waals surface area contributed by atoms with Crippen LogP contribution < -0.4 is 15.2 Å². The summed E-state index contributed by atoms with van der Waals surface area (Å²) in [5.74, 6) is 1.61. The molecule has 17 heavy (non-hydrogen) atoms. The largest absolute Gasteiger partial charge is 0.486 e. The van der Waals surface area contributed by atoms with Gasteiger partial charge in [-0.1, -0.05) is 12.1 Å². The quantitative estimate of drug-likeness (QED) is 0.796. The van der Waals surface area contributed by atoms with Crippen LogP contribution in [-0.4, -0.2) is 31.0 Å². The fourth-order valence-corrected chi connectivity index (χ4v) is 2.83. The maximum atomic E-state index is 9.55. The minimum Gasteiger partial charge on any atom is -0.486 e. The van der Waals surface area contributed by atoms with Crippen LogP contribution in [0.3, 0.4) is 0 Å². The molecule has 0 radical (unpaired) electrons. The second-order valence-electron chi connectivity index (χ2n) is 4.88. The van der Waals surface area contributed by atoms with Crippen molar-refractivity contribution < 1.29 is 14.6 Å². The Bertz CT molecular complexity index is 427. The van der Waals surface area contributed by atoms with Crippen LogP contribution in [0.2, 0.25) is 0 Å². The van der Waals surface area contributed by atoms with Crippen LogP contribution in [0.4, 0.5) is 0 Å². The summed E-state index contributed by atoms with van der Waals surface area (Å²) in [7, 11) is 0. The van der Waals surface area contributed by atoms with Crippen molar-refractivity contribution in [1.29, 1.82) is 0 Å². The van der Waals surface area contributed by atoms with E-state index in [4.69, 9.17) is 15.2 Å². The molecule has 0 unspecified atom stereocenters. The van der Waals surface area contributed by atoms with E-state index in [2.05, 4.69) is 0 Å². The molecular weight excluding hydrogens is 218 g/mol. The van der Waals surface area contributed by atoms with Crippen LogP contribution in [-0.2, 0) is 5.41 Å². The SMILES string of the molecule is NCC1(c2cccc3c2OCCO3)CC(O)C1. The van der Waals surface area contributed by atoms with Gasteiger partial charge in [-0.15, -0.1) is 0 Å². The maximum Gasteiger partial charge on any atom is 0.165 e. The number of aliphatic hydroxyl groups is 1. The number of rotatable bonds is 2. The van der Waals surface area contributed by atoms with Gasteiger partial charge in [-0.3, -0.25) is 0 Å². The Kier molecular flexibility index (Phi) is 2.49. The molecule has 0 aromatic heterocycles. The van der Waals surface area contributed by atoms with Crippen molar-refractivity contribution in [3.63, 3.8) is 0 Å². The molecule has 0 bridgehead atoms. The third-order valence-electron chi connectivity index (χ3n) is 3.78. The van der Waals surface area contributed by atoms with E-state index in [0.29, 0.717) is 32.6 Å². The van der Waals surface area contributed by atoms with Gasteiger partial charge in [0.15, 0.2) is 11.5 Å². The van der Waals surface area contributed by atoms with Gasteiger partial charge in [0.1, 0.15) is 13.2 Å². The number of nitrogens with two attached hydrogens (primary N) is 1. The van der Waals surface area contributed by atoms with E-state index in [0.717, 1.165) is 17.1 Å². The average molecular weight is 235 g/mol. The Morgan fingerprint density at radius 1 is 1.29 bits per heavy atom. The molecule has 0 amide bonds. The lowest BCUT2D eigenvalue weighted by Crippen LogP contribution is -2.50. The molecule has 3 rings (SSSR count). The van der Waals surface area contributed by atoms with Crippen molar-refractivity contribution >= 4 is 0 Å². The lowest BCUT2D eigenvalue weighted by atomic mass is 9.62. The molecule has 1 aromatic rings. The molecule has 0 saturated heterocycles. The fraction of sp³-hybridized carbons (Fsp3) is 0.538. The van der Waals surface area contributed by atoms with Crippen LogP contribution in [0.5, 0.6) is 11.5 Å². The molecule has 2 aliphatic rings. The predicted octanol–water partition coefficient (Wildman–Crippen LogP) is 0.809. The predicted molar refractivity (Wildman–Crippen MR) is 63.4 cm³/mol. The molecule has 3 N–H and O–H groups in total. The second-order valence-corrected chi connectivity index (χ2v) is 4.88. The molecule has 4 heteroatoms. The van der Waals surface area contributed by atoms with E-state index in [9.17, 15) is 5.11 Å². The zero-order valence-corrected chi connectivity index (χ0v) is 9.69. The molecule has 1 aliphatic heterocycles. The van der Waals surface area contributed by atoms with Crippen molar-refractivity contribution in [2.75, 3.05) is 19.8 Å². The van der Waals surface area contributed by atoms with Gasteiger partial charge < -0.3 is 20.3 Å². The summed E-state index contributed by atoms with van der Waals surface area (Å²) < 4.78 is 11.3. The average Bonchev–Trinajstić information content (AvgIpc) is 2.34. The summed E-state index contributed by atoms with van der Waals surface area (Å²) in [5.41, 5.74) is 6.84. The molecule has 1 aliphatic carbocycles. The van der Waals surface area contributed by atoms with Gasteiger partial charge in [-0.25, -0.2) is 0 Å². The van der Waals surface area contributed by atoms with E-state index in [1.165, 1.54) is 0 Å². The first kappa shape index (κ1) is 10.9. The fourth-order valence-electron chi connectivity index (χ4n) is 2.83. The Labute approximate surface area is 100 Å². The molecule has 0 atom stereocenters. The van der Waals surface area contributed by atoms with Crippen molar-refractivity contribution in [1.82, 2.24) is 0 Å². The van der Waals surface area contributed by atoms with Gasteiger partial charge >= 0.3 is 0 Å². The zero-order valence-electron chi connectivity index (χ0n) is 9.69. The van der Waals surface area contributed by atoms with Crippen molar-refractivity contribution in [2.24, 2.45) is 5.73 Å². The third kappa shape index (κ3) is 1.59. The number of para-hydroxylation sites is 1. The smallest absolute Gasteiger partial charge is 0.165 e. The van der Waals surface area contributed by atoms with Gasteiger partial charge in [0.25, 0.3) is 0 Å². The molecule has 1 fully saturated rings. The highest BCUT2D eigenvalue weighted by Gasteiger charge is 2.46. The number of hydrogen-bond acceptors (Lipinski definition) is 4. The second kappa shape index (κ2) is 3.89. The van der Waals surface area contributed by atoms with Crippen molar-refractivity contribution in [3.05, 3.63) is 23.8 Å². The van der Waals surface area contributed by atoms with Crippen LogP contribution in [0.15, 0.2) is 18.2 Å². The highest BCUT2D eigenvalue weighted by atomic mass is 16.6. The first-order valence-corrected chi connectivity index (χ1v) is 6.02. The van der Waals surface area contributed by atoms with E-state index < -0.39 is 0 Å². The summed E-state index contributed by atoms with van der Waals surface area (Å²) in [6.07, 6.45) is 1.19. The number of benzene rings is 1. The number of fused-ring (bicyclic) bond motifs is 1. The van der Waals surface area contributed by atoms with Crippen LogP contribution in [0, 0.1) is 0 Å².